The van der Waals surface area contributed by atoms with Crippen LogP contribution in [0.25, 0.3) is 0 Å². The molecule has 2 rings (SSSR count). The summed E-state index contributed by atoms with van der Waals surface area (Å²) in [5.41, 5.74) is 0. The molecule has 1 aromatic rings. The molecule has 1 aliphatic rings. The Hall–Kier alpha value is -1.35. The fourth-order valence-corrected chi connectivity index (χ4v) is 2.02. The Morgan fingerprint density at radius 1 is 1.18 bits per heavy atom. The van der Waals surface area contributed by atoms with Crippen LogP contribution in [0.3, 0.4) is 0 Å². The predicted molar refractivity (Wildman–Crippen MR) is 65.2 cm³/mol. The van der Waals surface area contributed by atoms with Gasteiger partial charge in [0.25, 0.3) is 0 Å². The molecule has 0 saturated heterocycles. The van der Waals surface area contributed by atoms with Crippen LogP contribution in [0.4, 0.5) is 0 Å². The zero-order valence-electron chi connectivity index (χ0n) is 9.93. The average Bonchev–Trinajstić information content (AvgIpc) is 2.36. The van der Waals surface area contributed by atoms with Gasteiger partial charge in [-0.3, -0.25) is 4.79 Å². The van der Waals surface area contributed by atoms with Crippen LogP contribution in [-0.2, 0) is 9.53 Å². The Labute approximate surface area is 102 Å². The Kier molecular flexibility index (Phi) is 4.56. The van der Waals surface area contributed by atoms with Crippen LogP contribution in [0.2, 0.25) is 0 Å². The number of carbonyl (C=O) groups excluding carboxylic acids is 1. The molecule has 1 unspecified atom stereocenters. The molecule has 0 aliphatic heterocycles. The standard InChI is InChI=1S/C14H18O3/c15-12-5-4-8-14(11-12)17-10-9-16-13-6-2-1-3-7-13/h1-3,6-7,14H,4-5,8-11H2. The third-order valence-corrected chi connectivity index (χ3v) is 2.89. The lowest BCUT2D eigenvalue weighted by Gasteiger charge is -2.21. The normalized spacial score (nSPS) is 20.2. The second kappa shape index (κ2) is 6.40. The predicted octanol–water partition coefficient (Wildman–Crippen LogP) is 2.59. The Morgan fingerprint density at radius 3 is 2.76 bits per heavy atom. The van der Waals surface area contributed by atoms with E-state index in [1.54, 1.807) is 0 Å². The van der Waals surface area contributed by atoms with E-state index in [1.807, 2.05) is 30.3 Å². The van der Waals surface area contributed by atoms with Crippen molar-refractivity contribution in [2.24, 2.45) is 0 Å². The minimum Gasteiger partial charge on any atom is -0.491 e. The molecular formula is C14H18O3. The van der Waals surface area contributed by atoms with Crippen LogP contribution >= 0.6 is 0 Å². The van der Waals surface area contributed by atoms with E-state index in [1.165, 1.54) is 0 Å². The molecule has 1 saturated carbocycles. The molecule has 17 heavy (non-hydrogen) atoms. The molecule has 0 aromatic heterocycles. The maximum Gasteiger partial charge on any atom is 0.135 e. The fraction of sp³-hybridized carbons (Fsp3) is 0.500. The van der Waals surface area contributed by atoms with Crippen molar-refractivity contribution in [3.63, 3.8) is 0 Å². The topological polar surface area (TPSA) is 35.5 Å². The maximum atomic E-state index is 11.2. The molecule has 3 heteroatoms. The summed E-state index contributed by atoms with van der Waals surface area (Å²) in [4.78, 5) is 11.2. The zero-order chi connectivity index (χ0) is 11.9. The van der Waals surface area contributed by atoms with Gasteiger partial charge in [-0.15, -0.1) is 0 Å². The quantitative estimate of drug-likeness (QED) is 0.735. The van der Waals surface area contributed by atoms with Crippen LogP contribution in [0.5, 0.6) is 5.75 Å². The van der Waals surface area contributed by atoms with Gasteiger partial charge in [-0.05, 0) is 25.0 Å². The lowest BCUT2D eigenvalue weighted by atomic mass is 9.96. The second-order valence-corrected chi connectivity index (χ2v) is 4.29. The van der Waals surface area contributed by atoms with Crippen LogP contribution in [-0.4, -0.2) is 25.1 Å². The van der Waals surface area contributed by atoms with E-state index < -0.39 is 0 Å². The van der Waals surface area contributed by atoms with Crippen molar-refractivity contribution in [2.45, 2.75) is 31.8 Å². The molecule has 1 atom stereocenters. The van der Waals surface area contributed by atoms with E-state index in [0.717, 1.165) is 25.0 Å². The number of ether oxygens (including phenoxy) is 2. The summed E-state index contributed by atoms with van der Waals surface area (Å²) in [5, 5.41) is 0. The first kappa shape index (κ1) is 12.1. The first-order valence-corrected chi connectivity index (χ1v) is 6.16. The highest BCUT2D eigenvalue weighted by molar-refractivity contribution is 5.79. The molecular weight excluding hydrogens is 216 g/mol. The highest BCUT2D eigenvalue weighted by Gasteiger charge is 2.19. The molecule has 1 fully saturated rings. The molecule has 3 nitrogen and oxygen atoms in total. The van der Waals surface area contributed by atoms with E-state index in [-0.39, 0.29) is 6.10 Å². The molecule has 92 valence electrons. The minimum atomic E-state index is 0.107. The molecule has 0 radical (unpaired) electrons. The number of para-hydroxylation sites is 1. The number of ketones is 1. The fourth-order valence-electron chi connectivity index (χ4n) is 2.02. The van der Waals surface area contributed by atoms with E-state index >= 15 is 0 Å². The summed E-state index contributed by atoms with van der Waals surface area (Å²) in [6.07, 6.45) is 3.36. The van der Waals surface area contributed by atoms with Gasteiger partial charge in [0, 0.05) is 12.8 Å². The number of hydrogen-bond acceptors (Lipinski definition) is 3. The molecule has 0 amide bonds. The van der Waals surface area contributed by atoms with Crippen molar-refractivity contribution in [1.29, 1.82) is 0 Å². The van der Waals surface area contributed by atoms with E-state index in [4.69, 9.17) is 9.47 Å². The van der Waals surface area contributed by atoms with Gasteiger partial charge in [0.05, 0.1) is 12.7 Å². The van der Waals surface area contributed by atoms with Crippen molar-refractivity contribution in [1.82, 2.24) is 0 Å². The van der Waals surface area contributed by atoms with Crippen molar-refractivity contribution >= 4 is 5.78 Å². The molecule has 0 bridgehead atoms. The number of hydrogen-bond donors (Lipinski definition) is 0. The lowest BCUT2D eigenvalue weighted by molar-refractivity contribution is -0.124. The largest absolute Gasteiger partial charge is 0.491 e. The van der Waals surface area contributed by atoms with E-state index in [0.29, 0.717) is 25.4 Å². The summed E-state index contributed by atoms with van der Waals surface area (Å²) >= 11 is 0. The third kappa shape index (κ3) is 4.19. The van der Waals surface area contributed by atoms with Gasteiger partial charge in [0.1, 0.15) is 18.1 Å². The van der Waals surface area contributed by atoms with E-state index in [2.05, 4.69) is 0 Å². The highest BCUT2D eigenvalue weighted by Crippen LogP contribution is 2.17. The van der Waals surface area contributed by atoms with Crippen LogP contribution in [0.1, 0.15) is 25.7 Å². The number of carbonyl (C=O) groups is 1. The monoisotopic (exact) mass is 234 g/mol. The Morgan fingerprint density at radius 2 is 2.00 bits per heavy atom. The SMILES string of the molecule is O=C1CCCC(OCCOc2ccccc2)C1. The van der Waals surface area contributed by atoms with Crippen LogP contribution in [0.15, 0.2) is 30.3 Å². The Balaban J connectivity index is 1.61. The smallest absolute Gasteiger partial charge is 0.135 e. The summed E-state index contributed by atoms with van der Waals surface area (Å²) in [6, 6.07) is 9.68. The van der Waals surface area contributed by atoms with Gasteiger partial charge in [-0.2, -0.15) is 0 Å². The van der Waals surface area contributed by atoms with Gasteiger partial charge in [0.2, 0.25) is 0 Å². The van der Waals surface area contributed by atoms with Crippen LogP contribution in [0, 0.1) is 0 Å². The maximum absolute atomic E-state index is 11.2. The number of rotatable bonds is 5. The van der Waals surface area contributed by atoms with Crippen molar-refractivity contribution in [3.8, 4) is 5.75 Å². The lowest BCUT2D eigenvalue weighted by Crippen LogP contribution is -2.24. The molecule has 1 aromatic carbocycles. The number of benzene rings is 1. The van der Waals surface area contributed by atoms with Gasteiger partial charge < -0.3 is 9.47 Å². The number of Topliss-reactive ketones (excluding diaryl/α,β-unsaturated/α-hetero) is 1. The second-order valence-electron chi connectivity index (χ2n) is 4.29. The van der Waals surface area contributed by atoms with Crippen molar-refractivity contribution in [2.75, 3.05) is 13.2 Å². The average molecular weight is 234 g/mol. The van der Waals surface area contributed by atoms with Crippen LogP contribution < -0.4 is 4.74 Å². The molecule has 0 heterocycles. The van der Waals surface area contributed by atoms with Gasteiger partial charge in [-0.25, -0.2) is 0 Å². The first-order valence-electron chi connectivity index (χ1n) is 6.16. The minimum absolute atomic E-state index is 0.107. The molecule has 0 N–H and O–H groups in total. The molecule has 0 spiro atoms. The summed E-state index contributed by atoms with van der Waals surface area (Å²) in [7, 11) is 0. The Bertz CT molecular complexity index is 348. The van der Waals surface area contributed by atoms with Crippen molar-refractivity contribution in [3.05, 3.63) is 30.3 Å². The van der Waals surface area contributed by atoms with Gasteiger partial charge in [-0.1, -0.05) is 18.2 Å². The van der Waals surface area contributed by atoms with Gasteiger partial charge in [0.15, 0.2) is 0 Å². The molecule has 1 aliphatic carbocycles. The van der Waals surface area contributed by atoms with Crippen molar-refractivity contribution < 1.29 is 14.3 Å². The summed E-state index contributed by atoms with van der Waals surface area (Å²) < 4.78 is 11.1. The summed E-state index contributed by atoms with van der Waals surface area (Å²) in [5.74, 6) is 1.18. The zero-order valence-corrected chi connectivity index (χ0v) is 9.93. The van der Waals surface area contributed by atoms with E-state index in [9.17, 15) is 4.79 Å². The summed E-state index contributed by atoms with van der Waals surface area (Å²) in [6.45, 7) is 1.08. The van der Waals surface area contributed by atoms with Gasteiger partial charge >= 0.3 is 0 Å². The highest BCUT2D eigenvalue weighted by atomic mass is 16.5. The third-order valence-electron chi connectivity index (χ3n) is 2.89. The first-order chi connectivity index (χ1) is 8.34.